The second-order valence-corrected chi connectivity index (χ2v) is 18.1. The molecule has 6 aromatic rings. The summed E-state index contributed by atoms with van der Waals surface area (Å²) >= 11 is 6.64. The highest BCUT2D eigenvalue weighted by Crippen LogP contribution is 2.68. The zero-order valence-electron chi connectivity index (χ0n) is 32.0. The summed E-state index contributed by atoms with van der Waals surface area (Å²) in [4.78, 5) is 19.1. The van der Waals surface area contributed by atoms with E-state index in [0.29, 0.717) is 38.6 Å². The molecular formula is C39H36ClF6N9O3S. The number of anilines is 1. The number of fused-ring (bicyclic) bond motifs is 4. The van der Waals surface area contributed by atoms with Gasteiger partial charge in [0, 0.05) is 47.5 Å². The van der Waals surface area contributed by atoms with Gasteiger partial charge in [0.1, 0.15) is 29.6 Å². The summed E-state index contributed by atoms with van der Waals surface area (Å²) in [7, 11) is -2.26. The lowest BCUT2D eigenvalue weighted by molar-refractivity contribution is -0.123. The first-order valence-corrected chi connectivity index (χ1v) is 20.6. The quantitative estimate of drug-likeness (QED) is 0.126. The van der Waals surface area contributed by atoms with Crippen LogP contribution in [0.25, 0.3) is 33.3 Å². The smallest absolute Gasteiger partial charge is 0.293 e. The summed E-state index contributed by atoms with van der Waals surface area (Å²) in [5.74, 6) is -8.26. The van der Waals surface area contributed by atoms with E-state index in [1.54, 1.807) is 42.3 Å². The Morgan fingerprint density at radius 1 is 1.03 bits per heavy atom. The molecule has 2 aliphatic rings. The van der Waals surface area contributed by atoms with Gasteiger partial charge in [-0.3, -0.25) is 23.6 Å². The third-order valence-electron chi connectivity index (χ3n) is 10.5. The van der Waals surface area contributed by atoms with Gasteiger partial charge in [0.05, 0.1) is 51.3 Å². The molecule has 0 bridgehead atoms. The van der Waals surface area contributed by atoms with Crippen LogP contribution in [0, 0.1) is 17.6 Å². The van der Waals surface area contributed by atoms with E-state index in [1.807, 2.05) is 20.8 Å². The molecule has 0 spiro atoms. The van der Waals surface area contributed by atoms with Gasteiger partial charge < -0.3 is 5.32 Å². The second kappa shape index (κ2) is 14.1. The fraction of sp³-hybridized carbons (Fsp3) is 0.359. The van der Waals surface area contributed by atoms with Crippen LogP contribution >= 0.6 is 11.6 Å². The van der Waals surface area contributed by atoms with Crippen molar-refractivity contribution < 1.29 is 39.6 Å². The highest BCUT2D eigenvalue weighted by molar-refractivity contribution is 7.92. The number of hydrogen-bond donors (Lipinski definition) is 2. The fourth-order valence-corrected chi connectivity index (χ4v) is 8.66. The topological polar surface area (TPSA) is 142 Å². The summed E-state index contributed by atoms with van der Waals surface area (Å²) < 4.78 is 119. The molecule has 20 heteroatoms. The lowest BCUT2D eigenvalue weighted by atomic mass is 9.93. The number of alkyl halides is 4. The van der Waals surface area contributed by atoms with Crippen molar-refractivity contribution in [1.29, 1.82) is 0 Å². The number of hydrogen-bond acceptors (Lipinski definition) is 7. The minimum atomic E-state index is -3.82. The van der Waals surface area contributed by atoms with Crippen LogP contribution in [-0.4, -0.2) is 54.9 Å². The molecule has 4 heterocycles. The van der Waals surface area contributed by atoms with Gasteiger partial charge in [0.15, 0.2) is 5.82 Å². The Bertz CT molecular complexity index is 2780. The molecule has 1 saturated carbocycles. The van der Waals surface area contributed by atoms with E-state index >= 15 is 8.78 Å². The molecule has 1 unspecified atom stereocenters. The third kappa shape index (κ3) is 7.42. The van der Waals surface area contributed by atoms with Crippen molar-refractivity contribution in [3.63, 3.8) is 0 Å². The van der Waals surface area contributed by atoms with Gasteiger partial charge in [-0.15, -0.1) is 0 Å². The van der Waals surface area contributed by atoms with E-state index in [4.69, 9.17) is 16.6 Å². The molecule has 1 amide bonds. The van der Waals surface area contributed by atoms with Gasteiger partial charge >= 0.3 is 0 Å². The van der Waals surface area contributed by atoms with Crippen molar-refractivity contribution in [3.05, 3.63) is 99.7 Å². The molecular weight excluding hydrogens is 824 g/mol. The van der Waals surface area contributed by atoms with E-state index in [9.17, 15) is 30.8 Å². The average Bonchev–Trinajstić information content (AvgIpc) is 3.36. The number of benzene rings is 2. The minimum Gasteiger partial charge on any atom is -0.346 e. The van der Waals surface area contributed by atoms with Crippen LogP contribution in [0.2, 0.25) is 5.02 Å². The van der Waals surface area contributed by atoms with Gasteiger partial charge in [0.2, 0.25) is 15.9 Å². The molecule has 3 atom stereocenters. The van der Waals surface area contributed by atoms with Crippen LogP contribution in [0.3, 0.4) is 0 Å². The largest absolute Gasteiger partial charge is 0.346 e. The summed E-state index contributed by atoms with van der Waals surface area (Å²) in [6, 6.07) is 8.03. The van der Waals surface area contributed by atoms with Crippen LogP contribution in [0.1, 0.15) is 73.8 Å². The number of carbonyl (C=O) groups is 1. The van der Waals surface area contributed by atoms with Crippen LogP contribution in [0.5, 0.6) is 0 Å². The summed E-state index contributed by atoms with van der Waals surface area (Å²) in [6.07, 6.45) is 0.868. The van der Waals surface area contributed by atoms with Crippen LogP contribution in [0.4, 0.5) is 32.2 Å². The maximum atomic E-state index is 15.5. The fourth-order valence-electron chi connectivity index (χ4n) is 7.93. The Kier molecular flexibility index (Phi) is 9.65. The van der Waals surface area contributed by atoms with E-state index in [-0.39, 0.29) is 45.9 Å². The zero-order chi connectivity index (χ0) is 42.5. The number of nitrogens with zero attached hydrogens (tertiary/aromatic N) is 7. The Hall–Kier alpha value is -5.43. The van der Waals surface area contributed by atoms with Crippen molar-refractivity contribution in [2.24, 2.45) is 13.0 Å². The number of pyridine rings is 1. The molecule has 0 radical (unpaired) electrons. The number of sulfonamides is 1. The first kappa shape index (κ1) is 40.4. The van der Waals surface area contributed by atoms with Gasteiger partial charge in [0.25, 0.3) is 12.3 Å². The molecule has 0 saturated heterocycles. The van der Waals surface area contributed by atoms with Crippen molar-refractivity contribution in [1.82, 2.24) is 39.6 Å². The Morgan fingerprint density at radius 3 is 2.37 bits per heavy atom. The third-order valence-corrected chi connectivity index (χ3v) is 11.4. The summed E-state index contributed by atoms with van der Waals surface area (Å²) in [5, 5.41) is 15.8. The molecule has 1 fully saturated rings. The Balaban J connectivity index is 1.30. The SMILES string of the molecule is Cn1nc(NS(C)(=O)=O)c2c(Cl)ccc(-c3ccc(-c4cnn(C(C)(C)C)c4)nc3[C@H](Cc3cc(F)cc(F)c3)NC(=O)Cn3nc(C(F)F)c4c3C(F)(F)C3C[C@H]43)c21. The van der Waals surface area contributed by atoms with Crippen LogP contribution in [-0.2, 0) is 46.3 Å². The molecule has 12 nitrogen and oxygen atoms in total. The van der Waals surface area contributed by atoms with Gasteiger partial charge in [-0.1, -0.05) is 23.7 Å². The maximum Gasteiger partial charge on any atom is 0.293 e. The van der Waals surface area contributed by atoms with E-state index in [2.05, 4.69) is 25.3 Å². The molecule has 310 valence electrons. The van der Waals surface area contributed by atoms with Gasteiger partial charge in [-0.05, 0) is 69.4 Å². The Morgan fingerprint density at radius 2 is 1.73 bits per heavy atom. The van der Waals surface area contributed by atoms with Crippen molar-refractivity contribution >= 4 is 44.3 Å². The van der Waals surface area contributed by atoms with Gasteiger partial charge in [-0.25, -0.2) is 31.0 Å². The summed E-state index contributed by atoms with van der Waals surface area (Å²) in [6.45, 7) is 4.94. The molecule has 4 aromatic heterocycles. The van der Waals surface area contributed by atoms with Crippen molar-refractivity contribution in [2.45, 2.75) is 70.0 Å². The van der Waals surface area contributed by atoms with Crippen molar-refractivity contribution in [3.8, 4) is 22.4 Å². The second-order valence-electron chi connectivity index (χ2n) is 15.9. The maximum absolute atomic E-state index is 15.5. The number of halogens is 7. The number of aromatic nitrogens is 7. The lowest BCUT2D eigenvalue weighted by Crippen LogP contribution is -2.35. The molecule has 59 heavy (non-hydrogen) atoms. The molecule has 8 rings (SSSR count). The standard InChI is InChI=1S/C39H36ClF6N9O3S/c1-38(2,3)55-16-19(15-47-55)27-9-7-22(23-6-8-26(40)31-34(23)53(4)51-37(31)52-59(5,57)58)32(49-27)28(12-18-10-20(41)13-21(42)11-18)48-29(56)17-54-35-30(33(50-54)36(43)44)24-14-25(24)39(35,45)46/h6-11,13,15-16,24-25,28,36H,12,14,17H2,1-5H3,(H,48,56)(H,51,52)/t24-,25?,28-/m0/s1. The highest BCUT2D eigenvalue weighted by Gasteiger charge is 2.67. The Labute approximate surface area is 338 Å². The first-order chi connectivity index (χ1) is 27.6. The predicted molar refractivity (Wildman–Crippen MR) is 207 cm³/mol. The summed E-state index contributed by atoms with van der Waals surface area (Å²) in [5.41, 5.74) is 0.0103. The zero-order valence-corrected chi connectivity index (χ0v) is 33.6. The first-order valence-electron chi connectivity index (χ1n) is 18.3. The number of carbonyl (C=O) groups excluding carboxylic acids is 1. The normalized spacial score (nSPS) is 17.6. The monoisotopic (exact) mass is 859 g/mol. The molecule has 2 N–H and O–H groups in total. The number of rotatable bonds is 11. The highest BCUT2D eigenvalue weighted by atomic mass is 35.5. The lowest BCUT2D eigenvalue weighted by Gasteiger charge is -2.23. The number of amides is 1. The van der Waals surface area contributed by atoms with Gasteiger partial charge in [-0.2, -0.15) is 24.1 Å². The van der Waals surface area contributed by atoms with E-state index < -0.39 is 81.3 Å². The molecule has 0 aliphatic heterocycles. The molecule has 2 aromatic carbocycles. The van der Waals surface area contributed by atoms with Crippen molar-refractivity contribution in [2.75, 3.05) is 11.0 Å². The van der Waals surface area contributed by atoms with Crippen LogP contribution in [0.15, 0.2) is 54.9 Å². The van der Waals surface area contributed by atoms with E-state index in [1.165, 1.54) is 10.7 Å². The number of nitrogens with one attached hydrogen (secondary N) is 2. The minimum absolute atomic E-state index is 0.0315. The average molecular weight is 860 g/mol. The predicted octanol–water partition coefficient (Wildman–Crippen LogP) is 8.00. The number of aryl methyl sites for hydroxylation is 1. The van der Waals surface area contributed by atoms with E-state index in [0.717, 1.165) is 18.4 Å². The van der Waals surface area contributed by atoms with Crippen LogP contribution < -0.4 is 10.0 Å². The molecule has 2 aliphatic carbocycles.